The predicted molar refractivity (Wildman–Crippen MR) is 89.7 cm³/mol. The third-order valence-corrected chi connectivity index (χ3v) is 4.63. The third kappa shape index (κ3) is 4.07. The van der Waals surface area contributed by atoms with Gasteiger partial charge in [-0.25, -0.2) is 4.39 Å². The van der Waals surface area contributed by atoms with Gasteiger partial charge in [0.2, 0.25) is 17.6 Å². The molecule has 3 rings (SSSR count). The van der Waals surface area contributed by atoms with Crippen molar-refractivity contribution in [2.45, 2.75) is 45.1 Å². The van der Waals surface area contributed by atoms with Crippen molar-refractivity contribution in [1.29, 1.82) is 0 Å². The molecule has 0 saturated heterocycles. The van der Waals surface area contributed by atoms with E-state index in [9.17, 15) is 14.0 Å². The van der Waals surface area contributed by atoms with E-state index in [1.54, 1.807) is 19.1 Å². The van der Waals surface area contributed by atoms with E-state index in [0.717, 1.165) is 6.42 Å². The Balaban J connectivity index is 1.55. The number of carbonyl (C=O) groups excluding carboxylic acids is 1. The molecule has 0 unspecified atom stereocenters. The molecule has 1 fully saturated rings. The quantitative estimate of drug-likeness (QED) is 0.819. The van der Waals surface area contributed by atoms with Gasteiger partial charge in [-0.2, -0.15) is 4.98 Å². The second-order valence-corrected chi connectivity index (χ2v) is 6.53. The average molecular weight is 361 g/mol. The van der Waals surface area contributed by atoms with E-state index in [2.05, 4.69) is 15.5 Å². The lowest BCUT2D eigenvalue weighted by Crippen LogP contribution is -2.40. The second-order valence-electron chi connectivity index (χ2n) is 6.53. The number of aromatic nitrogens is 2. The molecule has 26 heavy (non-hydrogen) atoms. The molecule has 0 spiro atoms. The Kier molecular flexibility index (Phi) is 5.29. The minimum atomic E-state index is -0.871. The second kappa shape index (κ2) is 7.63. The zero-order valence-corrected chi connectivity index (χ0v) is 14.4. The first-order valence-corrected chi connectivity index (χ1v) is 8.55. The molecule has 1 saturated carbocycles. The van der Waals surface area contributed by atoms with Crippen LogP contribution in [0, 0.1) is 18.7 Å². The monoisotopic (exact) mass is 361 g/mol. The van der Waals surface area contributed by atoms with Gasteiger partial charge in [-0.15, -0.1) is 0 Å². The summed E-state index contributed by atoms with van der Waals surface area (Å²) in [5.74, 6) is -1.29. The number of aliphatic carboxylic acids is 1. The first-order chi connectivity index (χ1) is 12.4. The van der Waals surface area contributed by atoms with Crippen LogP contribution in [-0.4, -0.2) is 33.2 Å². The fourth-order valence-corrected chi connectivity index (χ4v) is 3.19. The van der Waals surface area contributed by atoms with Gasteiger partial charge in [-0.3, -0.25) is 9.59 Å². The molecule has 8 heteroatoms. The van der Waals surface area contributed by atoms with E-state index < -0.39 is 11.9 Å². The first kappa shape index (κ1) is 18.0. The number of carboxylic acid groups (broad SMARTS) is 1. The Morgan fingerprint density at radius 1 is 1.38 bits per heavy atom. The lowest BCUT2D eigenvalue weighted by Gasteiger charge is -2.17. The number of carboxylic acids is 1. The minimum Gasteiger partial charge on any atom is -0.481 e. The zero-order valence-electron chi connectivity index (χ0n) is 14.4. The Morgan fingerprint density at radius 3 is 2.92 bits per heavy atom. The highest BCUT2D eigenvalue weighted by molar-refractivity contribution is 5.78. The largest absolute Gasteiger partial charge is 0.481 e. The van der Waals surface area contributed by atoms with E-state index in [1.165, 1.54) is 6.07 Å². The van der Waals surface area contributed by atoms with E-state index in [4.69, 9.17) is 9.63 Å². The first-order valence-electron chi connectivity index (χ1n) is 8.55. The van der Waals surface area contributed by atoms with Gasteiger partial charge in [-0.05, 0) is 43.5 Å². The minimum absolute atomic E-state index is 0.132. The van der Waals surface area contributed by atoms with Crippen LogP contribution in [0.2, 0.25) is 0 Å². The molecule has 2 N–H and O–H groups in total. The van der Waals surface area contributed by atoms with Crippen molar-refractivity contribution < 1.29 is 23.6 Å². The zero-order chi connectivity index (χ0) is 18.7. The van der Waals surface area contributed by atoms with Crippen molar-refractivity contribution in [3.05, 3.63) is 35.5 Å². The molecule has 2 aromatic rings. The van der Waals surface area contributed by atoms with Crippen LogP contribution in [0.3, 0.4) is 0 Å². The Bertz CT molecular complexity index is 821. The summed E-state index contributed by atoms with van der Waals surface area (Å²) < 4.78 is 18.5. The van der Waals surface area contributed by atoms with Crippen LogP contribution in [0.5, 0.6) is 0 Å². The van der Waals surface area contributed by atoms with Crippen LogP contribution in [0.4, 0.5) is 4.39 Å². The van der Waals surface area contributed by atoms with Gasteiger partial charge in [0.25, 0.3) is 0 Å². The number of nitrogens with one attached hydrogen (secondary N) is 1. The molecule has 0 bridgehead atoms. The van der Waals surface area contributed by atoms with E-state index >= 15 is 0 Å². The molecule has 1 aromatic carbocycles. The van der Waals surface area contributed by atoms with E-state index in [-0.39, 0.29) is 30.6 Å². The number of hydrogen-bond donors (Lipinski definition) is 2. The Labute approximate surface area is 149 Å². The average Bonchev–Trinajstić information content (AvgIpc) is 3.25. The molecular formula is C18H20FN3O4. The number of hydrogen-bond acceptors (Lipinski definition) is 5. The highest BCUT2D eigenvalue weighted by Gasteiger charge is 2.33. The summed E-state index contributed by atoms with van der Waals surface area (Å²) in [6.45, 7) is 1.65. The predicted octanol–water partition coefficient (Wildman–Crippen LogP) is 2.49. The summed E-state index contributed by atoms with van der Waals surface area (Å²) in [4.78, 5) is 27.4. The van der Waals surface area contributed by atoms with Crippen molar-refractivity contribution in [3.8, 4) is 11.4 Å². The summed E-state index contributed by atoms with van der Waals surface area (Å²) in [7, 11) is 0. The summed E-state index contributed by atoms with van der Waals surface area (Å²) in [6, 6.07) is 4.22. The number of aryl methyl sites for hydroxylation is 2. The molecule has 1 aliphatic rings. The number of carbonyl (C=O) groups is 2. The van der Waals surface area contributed by atoms with Crippen molar-refractivity contribution in [3.63, 3.8) is 0 Å². The van der Waals surface area contributed by atoms with E-state index in [0.29, 0.717) is 35.7 Å². The molecule has 1 aromatic heterocycles. The van der Waals surface area contributed by atoms with Crippen LogP contribution in [0.25, 0.3) is 11.4 Å². The van der Waals surface area contributed by atoms with Gasteiger partial charge < -0.3 is 14.9 Å². The number of nitrogens with zero attached hydrogens (tertiary/aromatic N) is 2. The molecule has 2 atom stereocenters. The maximum atomic E-state index is 13.3. The van der Waals surface area contributed by atoms with Gasteiger partial charge >= 0.3 is 5.97 Å². The van der Waals surface area contributed by atoms with Crippen molar-refractivity contribution in [1.82, 2.24) is 15.5 Å². The normalized spacial score (nSPS) is 19.5. The van der Waals surface area contributed by atoms with Crippen molar-refractivity contribution >= 4 is 11.9 Å². The van der Waals surface area contributed by atoms with Gasteiger partial charge in [0, 0.05) is 24.4 Å². The SMILES string of the molecule is Cc1cc(-c2noc(CCC(=O)N[C@@H]3CCC[C@@H]3C(=O)O)n2)ccc1F. The third-order valence-electron chi connectivity index (χ3n) is 4.63. The maximum absolute atomic E-state index is 13.3. The molecule has 1 heterocycles. The molecule has 138 valence electrons. The van der Waals surface area contributed by atoms with E-state index in [1.807, 2.05) is 0 Å². The molecule has 0 radical (unpaired) electrons. The van der Waals surface area contributed by atoms with Gasteiger partial charge in [0.15, 0.2) is 0 Å². The van der Waals surface area contributed by atoms with Crippen LogP contribution in [0.1, 0.15) is 37.1 Å². The van der Waals surface area contributed by atoms with Crippen LogP contribution < -0.4 is 5.32 Å². The number of amides is 1. The lowest BCUT2D eigenvalue weighted by molar-refractivity contribution is -0.142. The van der Waals surface area contributed by atoms with Gasteiger partial charge in [-0.1, -0.05) is 11.6 Å². The molecule has 1 amide bonds. The Hall–Kier alpha value is -2.77. The molecule has 7 nitrogen and oxygen atoms in total. The smallest absolute Gasteiger partial charge is 0.308 e. The highest BCUT2D eigenvalue weighted by Crippen LogP contribution is 2.26. The molecular weight excluding hydrogens is 341 g/mol. The van der Waals surface area contributed by atoms with Gasteiger partial charge in [0.05, 0.1) is 5.92 Å². The van der Waals surface area contributed by atoms with Crippen LogP contribution in [-0.2, 0) is 16.0 Å². The van der Waals surface area contributed by atoms with Gasteiger partial charge in [0.1, 0.15) is 5.82 Å². The number of halogens is 1. The molecule has 0 aliphatic heterocycles. The standard InChI is InChI=1S/C18H20FN3O4/c1-10-9-11(5-6-13(10)19)17-21-16(26-22-17)8-7-15(23)20-14-4-2-3-12(14)18(24)25/h5-6,9,12,14H,2-4,7-8H2,1H3,(H,20,23)(H,24,25)/t12-,14+/m0/s1. The fraction of sp³-hybridized carbons (Fsp3) is 0.444. The maximum Gasteiger partial charge on any atom is 0.308 e. The van der Waals surface area contributed by atoms with Crippen LogP contribution in [0.15, 0.2) is 22.7 Å². The highest BCUT2D eigenvalue weighted by atomic mass is 19.1. The summed E-state index contributed by atoms with van der Waals surface area (Å²) in [6.07, 6.45) is 2.45. The van der Waals surface area contributed by atoms with Crippen molar-refractivity contribution in [2.24, 2.45) is 5.92 Å². The fourth-order valence-electron chi connectivity index (χ4n) is 3.19. The summed E-state index contributed by atoms with van der Waals surface area (Å²) in [5.41, 5.74) is 1.12. The topological polar surface area (TPSA) is 105 Å². The number of benzene rings is 1. The van der Waals surface area contributed by atoms with Crippen molar-refractivity contribution in [2.75, 3.05) is 0 Å². The lowest BCUT2D eigenvalue weighted by atomic mass is 10.0. The summed E-state index contributed by atoms with van der Waals surface area (Å²) in [5, 5.41) is 15.8. The van der Waals surface area contributed by atoms with Crippen LogP contribution >= 0.6 is 0 Å². The Morgan fingerprint density at radius 2 is 2.19 bits per heavy atom. The summed E-state index contributed by atoms with van der Waals surface area (Å²) >= 11 is 0. The molecule has 1 aliphatic carbocycles. The number of rotatable bonds is 6.